The zero-order valence-corrected chi connectivity index (χ0v) is 15.3. The number of methoxy groups -OCH3 is 2. The maximum atomic E-state index is 13.2. The van der Waals surface area contributed by atoms with Gasteiger partial charge in [0.05, 0.1) is 19.1 Å². The number of halogens is 1. The Balaban J connectivity index is 2.23. The van der Waals surface area contributed by atoms with Gasteiger partial charge in [-0.1, -0.05) is 18.5 Å². The molecule has 0 aromatic heterocycles. The van der Waals surface area contributed by atoms with Gasteiger partial charge in [0.15, 0.2) is 17.1 Å². The number of ketones is 2. The van der Waals surface area contributed by atoms with Crippen molar-refractivity contribution >= 4 is 34.9 Å². The Morgan fingerprint density at radius 2 is 1.96 bits per heavy atom. The molecule has 2 aliphatic rings. The number of carbonyl (C=O) groups excluding carboxylic acids is 2. The van der Waals surface area contributed by atoms with Gasteiger partial charge in [-0.15, -0.1) is 11.8 Å². The van der Waals surface area contributed by atoms with Gasteiger partial charge in [0, 0.05) is 18.4 Å². The van der Waals surface area contributed by atoms with Gasteiger partial charge in [-0.25, -0.2) is 0 Å². The Bertz CT molecular complexity index is 773. The second-order valence-corrected chi connectivity index (χ2v) is 6.99. The first-order valence-electron chi connectivity index (χ1n) is 7.38. The maximum Gasteiger partial charge on any atom is 0.218 e. The molecule has 0 radical (unpaired) electrons. The van der Waals surface area contributed by atoms with E-state index in [1.54, 1.807) is 18.4 Å². The van der Waals surface area contributed by atoms with Gasteiger partial charge >= 0.3 is 0 Å². The summed E-state index contributed by atoms with van der Waals surface area (Å²) in [4.78, 5) is 25.9. The van der Waals surface area contributed by atoms with Gasteiger partial charge in [-0.05, 0) is 12.3 Å². The van der Waals surface area contributed by atoms with Crippen molar-refractivity contribution in [2.75, 3.05) is 20.5 Å². The second-order valence-electron chi connectivity index (χ2n) is 5.76. The summed E-state index contributed by atoms with van der Waals surface area (Å²) in [6.07, 6.45) is 3.67. The number of rotatable bonds is 3. The third kappa shape index (κ3) is 2.24. The van der Waals surface area contributed by atoms with Crippen molar-refractivity contribution in [3.63, 3.8) is 0 Å². The number of hydrogen-bond donors (Lipinski definition) is 0. The molecular formula is C17H17ClO5S. The van der Waals surface area contributed by atoms with Gasteiger partial charge in [0.1, 0.15) is 22.1 Å². The van der Waals surface area contributed by atoms with Gasteiger partial charge in [-0.2, -0.15) is 0 Å². The van der Waals surface area contributed by atoms with Gasteiger partial charge in [0.2, 0.25) is 5.78 Å². The number of fused-ring (bicyclic) bond motifs is 1. The monoisotopic (exact) mass is 368 g/mol. The number of Topliss-reactive ketones (excluding diaryl/α,β-unsaturated/α-hetero) is 2. The van der Waals surface area contributed by atoms with Crippen molar-refractivity contribution in [2.24, 2.45) is 5.92 Å². The lowest BCUT2D eigenvalue weighted by Crippen LogP contribution is -2.48. The van der Waals surface area contributed by atoms with Crippen molar-refractivity contribution in [3.8, 4) is 17.2 Å². The Labute approximate surface area is 149 Å². The van der Waals surface area contributed by atoms with Gasteiger partial charge < -0.3 is 14.2 Å². The SMILES string of the molecule is COc1cc(OC)c2c(c1Cl)OC1(C=C(SC)C(=O)CC1C)C2=O. The number of benzene rings is 1. The molecule has 1 heterocycles. The van der Waals surface area contributed by atoms with Crippen LogP contribution in [-0.2, 0) is 4.79 Å². The maximum absolute atomic E-state index is 13.2. The predicted molar refractivity (Wildman–Crippen MR) is 92.6 cm³/mol. The highest BCUT2D eigenvalue weighted by molar-refractivity contribution is 8.03. The van der Waals surface area contributed by atoms with Gasteiger partial charge in [-0.3, -0.25) is 9.59 Å². The van der Waals surface area contributed by atoms with E-state index < -0.39 is 5.60 Å². The van der Waals surface area contributed by atoms with E-state index in [0.29, 0.717) is 22.0 Å². The van der Waals surface area contributed by atoms with E-state index in [4.69, 9.17) is 25.8 Å². The van der Waals surface area contributed by atoms with E-state index in [-0.39, 0.29) is 34.7 Å². The van der Waals surface area contributed by atoms with Crippen LogP contribution in [0, 0.1) is 5.92 Å². The molecule has 1 spiro atoms. The van der Waals surface area contributed by atoms with E-state index in [0.717, 1.165) is 0 Å². The fourth-order valence-corrected chi connectivity index (χ4v) is 4.03. The van der Waals surface area contributed by atoms with Crippen molar-refractivity contribution < 1.29 is 23.8 Å². The summed E-state index contributed by atoms with van der Waals surface area (Å²) in [5.41, 5.74) is -0.945. The molecule has 128 valence electrons. The second kappa shape index (κ2) is 6.01. The lowest BCUT2D eigenvalue weighted by molar-refractivity contribution is -0.117. The molecular weight excluding hydrogens is 352 g/mol. The molecule has 3 rings (SSSR count). The lowest BCUT2D eigenvalue weighted by Gasteiger charge is -2.34. The standard InChI is InChI=1S/C17H17ClO5S/c1-8-5-9(19)12(24-4)7-17(8)16(20)13-10(21-2)6-11(22-3)14(18)15(13)23-17/h6-8H,5H2,1-4H3. The summed E-state index contributed by atoms with van der Waals surface area (Å²) < 4.78 is 16.6. The first-order valence-corrected chi connectivity index (χ1v) is 8.98. The Morgan fingerprint density at radius 3 is 2.54 bits per heavy atom. The van der Waals surface area contributed by atoms with Crippen LogP contribution in [0.15, 0.2) is 17.0 Å². The van der Waals surface area contributed by atoms with Crippen LogP contribution in [0.1, 0.15) is 23.7 Å². The van der Waals surface area contributed by atoms with Crippen molar-refractivity contribution in [2.45, 2.75) is 18.9 Å². The van der Waals surface area contributed by atoms with Crippen LogP contribution >= 0.6 is 23.4 Å². The molecule has 1 aromatic rings. The van der Waals surface area contributed by atoms with E-state index in [1.165, 1.54) is 26.0 Å². The zero-order chi connectivity index (χ0) is 17.6. The average molecular weight is 369 g/mol. The van der Waals surface area contributed by atoms with Crippen LogP contribution in [0.2, 0.25) is 5.02 Å². The largest absolute Gasteiger partial charge is 0.496 e. The quantitative estimate of drug-likeness (QED) is 0.813. The molecule has 0 fully saturated rings. The minimum Gasteiger partial charge on any atom is -0.496 e. The molecule has 0 saturated carbocycles. The molecule has 1 aliphatic carbocycles. The highest BCUT2D eigenvalue weighted by Crippen LogP contribution is 2.53. The summed E-state index contributed by atoms with van der Waals surface area (Å²) in [5, 5.41) is 0.224. The predicted octanol–water partition coefficient (Wildman–Crippen LogP) is 3.53. The first-order chi connectivity index (χ1) is 11.4. The molecule has 0 N–H and O–H groups in total. The first kappa shape index (κ1) is 17.2. The fourth-order valence-electron chi connectivity index (χ4n) is 3.16. The molecule has 0 bridgehead atoms. The average Bonchev–Trinajstić information content (AvgIpc) is 2.86. The number of ether oxygens (including phenoxy) is 3. The van der Waals surface area contributed by atoms with E-state index in [1.807, 2.05) is 6.92 Å². The van der Waals surface area contributed by atoms with Crippen LogP contribution in [0.4, 0.5) is 0 Å². The molecule has 5 nitrogen and oxygen atoms in total. The molecule has 1 aliphatic heterocycles. The number of thioether (sulfide) groups is 1. The van der Waals surface area contributed by atoms with E-state index in [9.17, 15) is 9.59 Å². The Kier molecular flexibility index (Phi) is 4.30. The molecule has 0 saturated heterocycles. The van der Waals surface area contributed by atoms with Crippen LogP contribution in [-0.4, -0.2) is 37.6 Å². The zero-order valence-electron chi connectivity index (χ0n) is 13.8. The number of carbonyl (C=O) groups is 2. The summed E-state index contributed by atoms with van der Waals surface area (Å²) >= 11 is 7.66. The molecule has 2 atom stereocenters. The van der Waals surface area contributed by atoms with Crippen LogP contribution in [0.5, 0.6) is 17.2 Å². The van der Waals surface area contributed by atoms with Crippen molar-refractivity contribution in [1.82, 2.24) is 0 Å². The van der Waals surface area contributed by atoms with Crippen LogP contribution in [0.3, 0.4) is 0 Å². The highest BCUT2D eigenvalue weighted by atomic mass is 35.5. The summed E-state index contributed by atoms with van der Waals surface area (Å²) in [7, 11) is 2.95. The Morgan fingerprint density at radius 1 is 1.29 bits per heavy atom. The third-order valence-electron chi connectivity index (χ3n) is 4.51. The van der Waals surface area contributed by atoms with Crippen LogP contribution in [0.25, 0.3) is 0 Å². The van der Waals surface area contributed by atoms with E-state index in [2.05, 4.69) is 0 Å². The summed E-state index contributed by atoms with van der Waals surface area (Å²) in [6.45, 7) is 1.83. The third-order valence-corrected chi connectivity index (χ3v) is 5.65. The van der Waals surface area contributed by atoms with Crippen LogP contribution < -0.4 is 14.2 Å². The highest BCUT2D eigenvalue weighted by Gasteiger charge is 2.55. The minimum atomic E-state index is -1.24. The lowest BCUT2D eigenvalue weighted by atomic mass is 9.77. The molecule has 7 heteroatoms. The molecule has 1 aromatic carbocycles. The topological polar surface area (TPSA) is 61.8 Å². The summed E-state index contributed by atoms with van der Waals surface area (Å²) in [5.74, 6) is 0.416. The van der Waals surface area contributed by atoms with Crippen molar-refractivity contribution in [1.29, 1.82) is 0 Å². The smallest absolute Gasteiger partial charge is 0.218 e. The Hall–Kier alpha value is -1.66. The minimum absolute atomic E-state index is 0.0172. The normalized spacial score (nSPS) is 25.4. The molecule has 2 unspecified atom stereocenters. The number of allylic oxidation sites excluding steroid dienone is 1. The van der Waals surface area contributed by atoms with Gasteiger partial charge in [0.25, 0.3) is 0 Å². The molecule has 0 amide bonds. The number of hydrogen-bond acceptors (Lipinski definition) is 6. The van der Waals surface area contributed by atoms with E-state index >= 15 is 0 Å². The molecule has 24 heavy (non-hydrogen) atoms. The fraction of sp³-hybridized carbons (Fsp3) is 0.412. The summed E-state index contributed by atoms with van der Waals surface area (Å²) in [6, 6.07) is 1.57. The van der Waals surface area contributed by atoms with Crippen molar-refractivity contribution in [3.05, 3.63) is 27.6 Å².